The molecular formula is C14H25N3O2S. The van der Waals surface area contributed by atoms with Gasteiger partial charge in [-0.2, -0.15) is 0 Å². The van der Waals surface area contributed by atoms with Crippen LogP contribution in [0, 0.1) is 13.8 Å². The molecule has 5 nitrogen and oxygen atoms in total. The summed E-state index contributed by atoms with van der Waals surface area (Å²) in [6, 6.07) is 3.43. The number of hydrogen-bond donors (Lipinski definition) is 2. The van der Waals surface area contributed by atoms with Crippen LogP contribution in [-0.2, 0) is 10.0 Å². The van der Waals surface area contributed by atoms with Crippen LogP contribution in [0.3, 0.4) is 0 Å². The van der Waals surface area contributed by atoms with E-state index in [-0.39, 0.29) is 10.4 Å². The smallest absolute Gasteiger partial charge is 0.240 e. The van der Waals surface area contributed by atoms with Gasteiger partial charge in [0.25, 0.3) is 0 Å². The number of nitrogens with two attached hydrogens (primary N) is 1. The Morgan fingerprint density at radius 3 is 2.30 bits per heavy atom. The molecule has 0 bridgehead atoms. The molecule has 0 heterocycles. The van der Waals surface area contributed by atoms with Crippen molar-refractivity contribution in [2.24, 2.45) is 0 Å². The molecule has 0 aromatic heterocycles. The molecule has 3 N–H and O–H groups in total. The van der Waals surface area contributed by atoms with E-state index in [4.69, 9.17) is 5.73 Å². The third-order valence-corrected chi connectivity index (χ3v) is 5.27. The predicted molar refractivity (Wildman–Crippen MR) is 83.3 cm³/mol. The van der Waals surface area contributed by atoms with E-state index in [0.717, 1.165) is 5.56 Å². The molecule has 0 amide bonds. The molecule has 0 spiro atoms. The Labute approximate surface area is 122 Å². The van der Waals surface area contributed by atoms with Crippen molar-refractivity contribution in [1.82, 2.24) is 9.62 Å². The van der Waals surface area contributed by atoms with Gasteiger partial charge in [-0.1, -0.05) is 0 Å². The summed E-state index contributed by atoms with van der Waals surface area (Å²) in [6.07, 6.45) is 0. The van der Waals surface area contributed by atoms with E-state index in [0.29, 0.717) is 17.8 Å². The molecule has 1 rings (SSSR count). The first kappa shape index (κ1) is 16.9. The average Bonchev–Trinajstić information content (AvgIpc) is 2.31. The molecule has 6 heteroatoms. The van der Waals surface area contributed by atoms with Gasteiger partial charge in [-0.15, -0.1) is 0 Å². The minimum Gasteiger partial charge on any atom is -0.398 e. The lowest BCUT2D eigenvalue weighted by atomic mass is 10.1. The normalized spacial score (nSPS) is 12.9. The highest BCUT2D eigenvalue weighted by molar-refractivity contribution is 7.89. The van der Waals surface area contributed by atoms with Crippen LogP contribution in [-0.4, -0.2) is 39.5 Å². The number of hydrogen-bond acceptors (Lipinski definition) is 4. The fraction of sp³-hybridized carbons (Fsp3) is 0.571. The molecule has 1 aromatic carbocycles. The molecule has 0 aliphatic heterocycles. The first-order valence-electron chi connectivity index (χ1n) is 6.51. The minimum absolute atomic E-state index is 0.254. The third-order valence-electron chi connectivity index (χ3n) is 3.74. The monoisotopic (exact) mass is 299 g/mol. The zero-order chi connectivity index (χ0) is 15.7. The predicted octanol–water partition coefficient (Wildman–Crippen LogP) is 1.50. The Kier molecular flexibility index (Phi) is 4.84. The van der Waals surface area contributed by atoms with Crippen molar-refractivity contribution in [3.63, 3.8) is 0 Å². The maximum Gasteiger partial charge on any atom is 0.240 e. The van der Waals surface area contributed by atoms with Gasteiger partial charge < -0.3 is 10.6 Å². The Bertz CT molecular complexity index is 593. The Hall–Kier alpha value is -1.11. The fourth-order valence-corrected chi connectivity index (χ4v) is 3.20. The quantitative estimate of drug-likeness (QED) is 0.808. The van der Waals surface area contributed by atoms with Gasteiger partial charge in [-0.3, -0.25) is 0 Å². The standard InChI is InChI=1S/C14H25N3O2S/c1-10-7-12(15)11(2)13(8-10)20(18,19)16-9-14(3,4)17(5)6/h7-8,16H,9,15H2,1-6H3. The van der Waals surface area contributed by atoms with E-state index >= 15 is 0 Å². The molecule has 114 valence electrons. The average molecular weight is 299 g/mol. The number of likely N-dealkylation sites (N-methyl/N-ethyl adjacent to an activating group) is 1. The summed E-state index contributed by atoms with van der Waals surface area (Å²) >= 11 is 0. The van der Waals surface area contributed by atoms with E-state index in [1.807, 2.05) is 39.8 Å². The van der Waals surface area contributed by atoms with Gasteiger partial charge in [-0.05, 0) is 65.0 Å². The van der Waals surface area contributed by atoms with Crippen LogP contribution in [0.5, 0.6) is 0 Å². The lowest BCUT2D eigenvalue weighted by Gasteiger charge is -2.32. The number of aryl methyl sites for hydroxylation is 1. The van der Waals surface area contributed by atoms with Crippen LogP contribution >= 0.6 is 0 Å². The number of nitrogens with one attached hydrogen (secondary N) is 1. The van der Waals surface area contributed by atoms with Gasteiger partial charge in [0.15, 0.2) is 0 Å². The fourth-order valence-electron chi connectivity index (χ4n) is 1.64. The van der Waals surface area contributed by atoms with E-state index in [2.05, 4.69) is 4.72 Å². The summed E-state index contributed by atoms with van der Waals surface area (Å²) in [5.41, 5.74) is 7.50. The number of nitrogen functional groups attached to an aromatic ring is 1. The van der Waals surface area contributed by atoms with Gasteiger partial charge >= 0.3 is 0 Å². The van der Waals surface area contributed by atoms with Gasteiger partial charge in [0.2, 0.25) is 10.0 Å². The Morgan fingerprint density at radius 1 is 1.25 bits per heavy atom. The second-order valence-corrected chi connectivity index (χ2v) is 7.74. The van der Waals surface area contributed by atoms with Crippen LogP contribution < -0.4 is 10.5 Å². The maximum absolute atomic E-state index is 12.4. The number of benzene rings is 1. The van der Waals surface area contributed by atoms with E-state index in [9.17, 15) is 8.42 Å². The van der Waals surface area contributed by atoms with Crippen LogP contribution in [0.2, 0.25) is 0 Å². The van der Waals surface area contributed by atoms with E-state index < -0.39 is 10.0 Å². The van der Waals surface area contributed by atoms with Crippen molar-refractivity contribution in [3.8, 4) is 0 Å². The van der Waals surface area contributed by atoms with Crippen molar-refractivity contribution < 1.29 is 8.42 Å². The topological polar surface area (TPSA) is 75.4 Å². The molecule has 20 heavy (non-hydrogen) atoms. The minimum atomic E-state index is -3.56. The molecule has 0 aliphatic rings. The largest absolute Gasteiger partial charge is 0.398 e. The Balaban J connectivity index is 3.07. The molecule has 0 radical (unpaired) electrons. The van der Waals surface area contributed by atoms with Crippen LogP contribution in [0.25, 0.3) is 0 Å². The van der Waals surface area contributed by atoms with Gasteiger partial charge in [-0.25, -0.2) is 13.1 Å². The maximum atomic E-state index is 12.4. The van der Waals surface area contributed by atoms with E-state index in [1.54, 1.807) is 19.1 Å². The SMILES string of the molecule is Cc1cc(N)c(C)c(S(=O)(=O)NCC(C)(C)N(C)C)c1. The highest BCUT2D eigenvalue weighted by Crippen LogP contribution is 2.23. The van der Waals surface area contributed by atoms with E-state index in [1.165, 1.54) is 0 Å². The zero-order valence-electron chi connectivity index (χ0n) is 13.1. The van der Waals surface area contributed by atoms with Crippen LogP contribution in [0.4, 0.5) is 5.69 Å². The summed E-state index contributed by atoms with van der Waals surface area (Å²) in [5, 5.41) is 0. The zero-order valence-corrected chi connectivity index (χ0v) is 13.9. The molecule has 0 saturated heterocycles. The number of nitrogens with zero attached hydrogens (tertiary/aromatic N) is 1. The summed E-state index contributed by atoms with van der Waals surface area (Å²) in [4.78, 5) is 2.23. The first-order chi connectivity index (χ1) is 8.97. The van der Waals surface area contributed by atoms with Gasteiger partial charge in [0.05, 0.1) is 4.90 Å². The first-order valence-corrected chi connectivity index (χ1v) is 7.99. The lowest BCUT2D eigenvalue weighted by molar-refractivity contribution is 0.199. The van der Waals surface area contributed by atoms with Crippen molar-refractivity contribution in [2.45, 2.75) is 38.1 Å². The highest BCUT2D eigenvalue weighted by atomic mass is 32.2. The van der Waals surface area contributed by atoms with Gasteiger partial charge in [0.1, 0.15) is 0 Å². The van der Waals surface area contributed by atoms with Crippen molar-refractivity contribution in [3.05, 3.63) is 23.3 Å². The summed E-state index contributed by atoms with van der Waals surface area (Å²) in [5.74, 6) is 0. The summed E-state index contributed by atoms with van der Waals surface area (Å²) < 4.78 is 27.6. The molecule has 0 saturated carbocycles. The lowest BCUT2D eigenvalue weighted by Crippen LogP contribution is -2.48. The van der Waals surface area contributed by atoms with Crippen molar-refractivity contribution in [2.75, 3.05) is 26.4 Å². The molecular weight excluding hydrogens is 274 g/mol. The number of anilines is 1. The molecule has 1 aromatic rings. The highest BCUT2D eigenvalue weighted by Gasteiger charge is 2.25. The second kappa shape index (κ2) is 5.71. The van der Waals surface area contributed by atoms with Crippen LogP contribution in [0.1, 0.15) is 25.0 Å². The molecule has 0 aliphatic carbocycles. The number of rotatable bonds is 5. The molecule has 0 fully saturated rings. The third kappa shape index (κ3) is 3.71. The van der Waals surface area contributed by atoms with Gasteiger partial charge in [0, 0.05) is 17.8 Å². The molecule has 0 atom stereocenters. The second-order valence-electron chi connectivity index (χ2n) is 6.01. The van der Waals surface area contributed by atoms with Crippen molar-refractivity contribution >= 4 is 15.7 Å². The van der Waals surface area contributed by atoms with Crippen LogP contribution in [0.15, 0.2) is 17.0 Å². The summed E-state index contributed by atoms with van der Waals surface area (Å²) in [7, 11) is 0.282. The number of sulfonamides is 1. The van der Waals surface area contributed by atoms with Crippen molar-refractivity contribution in [1.29, 1.82) is 0 Å². The Morgan fingerprint density at radius 2 is 1.80 bits per heavy atom. The molecule has 0 unspecified atom stereocenters. The summed E-state index contributed by atoms with van der Waals surface area (Å²) in [6.45, 7) is 7.84.